The summed E-state index contributed by atoms with van der Waals surface area (Å²) >= 11 is -2.37. The Morgan fingerprint density at radius 3 is 2.71 bits per heavy atom. The predicted molar refractivity (Wildman–Crippen MR) is 75.1 cm³/mol. The minimum Gasteiger partial charge on any atom is -0.772 e. The van der Waals surface area contributed by atoms with Gasteiger partial charge in [-0.15, -0.1) is 0 Å². The van der Waals surface area contributed by atoms with Gasteiger partial charge in [0, 0.05) is 12.2 Å². The van der Waals surface area contributed by atoms with Crippen molar-refractivity contribution in [1.29, 1.82) is 0 Å². The third-order valence-corrected chi connectivity index (χ3v) is 3.93. The van der Waals surface area contributed by atoms with E-state index in [-0.39, 0.29) is 29.4 Å². The number of rotatable bonds is 5. The average molecular weight is 313 g/mol. The molecule has 1 aromatic heterocycles. The van der Waals surface area contributed by atoms with Crippen molar-refractivity contribution in [3.05, 3.63) is 17.5 Å². The van der Waals surface area contributed by atoms with Crippen molar-refractivity contribution >= 4 is 22.9 Å². The summed E-state index contributed by atoms with van der Waals surface area (Å²) in [7, 11) is 0. The highest BCUT2D eigenvalue weighted by molar-refractivity contribution is 7.78. The number of carbonyl (C=O) groups is 1. The number of aliphatic hydroxyl groups excluding tert-OH is 1. The van der Waals surface area contributed by atoms with E-state index in [9.17, 15) is 18.7 Å². The quantitative estimate of drug-likeness (QED) is 0.632. The first-order valence-electron chi connectivity index (χ1n) is 6.62. The summed E-state index contributed by atoms with van der Waals surface area (Å²) in [6.45, 7) is 0. The second-order valence-electron chi connectivity index (χ2n) is 5.02. The van der Waals surface area contributed by atoms with Crippen molar-refractivity contribution in [3.8, 4) is 0 Å². The molecule has 9 heteroatoms. The number of nitrogens with one attached hydrogen (secondary N) is 1. The van der Waals surface area contributed by atoms with Gasteiger partial charge < -0.3 is 20.7 Å². The Morgan fingerprint density at radius 2 is 2.14 bits per heavy atom. The van der Waals surface area contributed by atoms with Crippen LogP contribution in [-0.4, -0.2) is 41.9 Å². The number of nitrogens with zero attached hydrogens (tertiary/aromatic N) is 2. The molecule has 1 heterocycles. The van der Waals surface area contributed by atoms with E-state index in [0.29, 0.717) is 12.8 Å². The lowest BCUT2D eigenvalue weighted by atomic mass is 9.93. The maximum atomic E-state index is 11.2. The number of carbonyl (C=O) groups excluding carboxylic acids is 1. The van der Waals surface area contributed by atoms with Crippen molar-refractivity contribution in [3.63, 3.8) is 0 Å². The summed E-state index contributed by atoms with van der Waals surface area (Å²) in [5.74, 6) is -0.886. The maximum absolute atomic E-state index is 11.2. The molecule has 1 aliphatic rings. The molecule has 0 aromatic carbocycles. The average Bonchev–Trinajstić information content (AvgIpc) is 2.40. The molecule has 1 amide bonds. The van der Waals surface area contributed by atoms with Gasteiger partial charge in [0.1, 0.15) is 0 Å². The molecular formula is C12H17N4O4S-. The van der Waals surface area contributed by atoms with Gasteiger partial charge in [-0.1, -0.05) is 0 Å². The molecular weight excluding hydrogens is 296 g/mol. The molecule has 1 unspecified atom stereocenters. The minimum absolute atomic E-state index is 0.00353. The Kier molecular flexibility index (Phi) is 5.21. The van der Waals surface area contributed by atoms with Crippen LogP contribution < -0.4 is 11.1 Å². The monoisotopic (exact) mass is 313 g/mol. The van der Waals surface area contributed by atoms with Crippen molar-refractivity contribution in [2.24, 2.45) is 5.73 Å². The molecule has 21 heavy (non-hydrogen) atoms. The molecule has 0 spiro atoms. The predicted octanol–water partition coefficient (Wildman–Crippen LogP) is -0.330. The van der Waals surface area contributed by atoms with Crippen LogP contribution in [0.1, 0.15) is 41.7 Å². The van der Waals surface area contributed by atoms with E-state index in [2.05, 4.69) is 15.3 Å². The van der Waals surface area contributed by atoms with Gasteiger partial charge in [0.15, 0.2) is 0 Å². The van der Waals surface area contributed by atoms with E-state index >= 15 is 0 Å². The zero-order valence-corrected chi connectivity index (χ0v) is 12.1. The van der Waals surface area contributed by atoms with E-state index < -0.39 is 22.7 Å². The van der Waals surface area contributed by atoms with Crippen LogP contribution in [0.25, 0.3) is 0 Å². The second kappa shape index (κ2) is 6.92. The molecule has 1 saturated carbocycles. The van der Waals surface area contributed by atoms with Crippen LogP contribution in [0.2, 0.25) is 0 Å². The molecule has 0 saturated heterocycles. The number of aliphatic hydroxyl groups is 1. The second-order valence-corrected chi connectivity index (χ2v) is 5.91. The summed E-state index contributed by atoms with van der Waals surface area (Å²) in [6.07, 6.45) is 3.94. The van der Waals surface area contributed by atoms with Gasteiger partial charge in [-0.05, 0) is 36.8 Å². The third kappa shape index (κ3) is 4.45. The number of hydrogen-bond acceptors (Lipinski definition) is 7. The highest BCUT2D eigenvalue weighted by Gasteiger charge is 2.20. The van der Waals surface area contributed by atoms with Gasteiger partial charge in [0.05, 0.1) is 23.1 Å². The smallest absolute Gasteiger partial charge is 0.252 e. The number of anilines is 1. The molecule has 0 aliphatic heterocycles. The fourth-order valence-corrected chi connectivity index (χ4v) is 2.76. The lowest BCUT2D eigenvalue weighted by Gasteiger charge is -2.26. The van der Waals surface area contributed by atoms with Crippen molar-refractivity contribution in [2.45, 2.75) is 43.6 Å². The van der Waals surface area contributed by atoms with Gasteiger partial charge in [-0.2, -0.15) is 0 Å². The number of nitrogens with two attached hydrogens (primary N) is 1. The molecule has 0 radical (unpaired) electrons. The molecule has 8 nitrogen and oxygen atoms in total. The number of primary amides is 1. The van der Waals surface area contributed by atoms with E-state index in [1.807, 2.05) is 0 Å². The zero-order chi connectivity index (χ0) is 15.4. The Hall–Kier alpha value is -1.58. The Balaban J connectivity index is 2.13. The Bertz CT molecular complexity index is 546. The van der Waals surface area contributed by atoms with Gasteiger partial charge in [-0.25, -0.2) is 9.97 Å². The van der Waals surface area contributed by atoms with Crippen molar-refractivity contribution < 1.29 is 18.7 Å². The summed E-state index contributed by atoms with van der Waals surface area (Å²) in [5, 5.41) is 12.5. The largest absolute Gasteiger partial charge is 0.772 e. The normalized spacial score (nSPS) is 23.5. The first-order valence-corrected chi connectivity index (χ1v) is 7.86. The van der Waals surface area contributed by atoms with E-state index in [4.69, 9.17) is 5.73 Å². The highest BCUT2D eigenvalue weighted by atomic mass is 32.2. The Morgan fingerprint density at radius 1 is 1.48 bits per heavy atom. The van der Waals surface area contributed by atoms with E-state index in [1.54, 1.807) is 0 Å². The lowest BCUT2D eigenvalue weighted by Crippen LogP contribution is -2.29. The van der Waals surface area contributed by atoms with Gasteiger partial charge in [0.25, 0.3) is 5.91 Å². The molecule has 116 valence electrons. The van der Waals surface area contributed by atoms with Gasteiger partial charge in [0.2, 0.25) is 5.95 Å². The molecule has 4 N–H and O–H groups in total. The maximum Gasteiger partial charge on any atom is 0.252 e. The highest BCUT2D eigenvalue weighted by Crippen LogP contribution is 2.21. The molecule has 1 fully saturated rings. The first-order chi connectivity index (χ1) is 9.95. The SMILES string of the molecule is NC(=O)c1cnc(NC2CCC(O)CC2)nc1CS(=O)[O-]. The van der Waals surface area contributed by atoms with Crippen LogP contribution in [-0.2, 0) is 16.8 Å². The molecule has 0 bridgehead atoms. The summed E-state index contributed by atoms with van der Waals surface area (Å²) in [5.41, 5.74) is 5.26. The first kappa shape index (κ1) is 15.8. The Labute approximate surface area is 124 Å². The fraction of sp³-hybridized carbons (Fsp3) is 0.583. The lowest BCUT2D eigenvalue weighted by molar-refractivity contribution is 0.0998. The topological polar surface area (TPSA) is 141 Å². The van der Waals surface area contributed by atoms with Crippen LogP contribution >= 0.6 is 0 Å². The number of aromatic nitrogens is 2. The summed E-state index contributed by atoms with van der Waals surface area (Å²) in [6, 6.07) is 0.124. The molecule has 1 aliphatic carbocycles. The van der Waals surface area contributed by atoms with Crippen LogP contribution in [0.4, 0.5) is 5.95 Å². The van der Waals surface area contributed by atoms with Crippen molar-refractivity contribution in [1.82, 2.24) is 9.97 Å². The molecule has 1 aromatic rings. The zero-order valence-electron chi connectivity index (χ0n) is 11.3. The van der Waals surface area contributed by atoms with E-state index in [0.717, 1.165) is 12.8 Å². The fourth-order valence-electron chi connectivity index (χ4n) is 2.32. The van der Waals surface area contributed by atoms with Crippen LogP contribution in [0.3, 0.4) is 0 Å². The molecule has 2 rings (SSSR count). The number of amides is 1. The molecule has 1 atom stereocenters. The number of hydrogen-bond donors (Lipinski definition) is 3. The minimum atomic E-state index is -2.37. The van der Waals surface area contributed by atoms with Crippen LogP contribution in [0, 0.1) is 0 Å². The third-order valence-electron chi connectivity index (χ3n) is 3.42. The van der Waals surface area contributed by atoms with Gasteiger partial charge >= 0.3 is 0 Å². The summed E-state index contributed by atoms with van der Waals surface area (Å²) < 4.78 is 21.6. The standard InChI is InChI=1S/C12H18N4O4S/c13-11(18)9-5-14-12(16-10(9)6-21(19)20)15-7-1-3-8(17)4-2-7/h5,7-8,17H,1-4,6H2,(H2,13,18)(H,19,20)(H,14,15,16)/p-1. The van der Waals surface area contributed by atoms with E-state index in [1.165, 1.54) is 6.20 Å². The summed E-state index contributed by atoms with van der Waals surface area (Å²) in [4.78, 5) is 19.3. The van der Waals surface area contributed by atoms with Crippen molar-refractivity contribution in [2.75, 3.05) is 5.32 Å². The van der Waals surface area contributed by atoms with Crippen LogP contribution in [0.15, 0.2) is 6.20 Å². The van der Waals surface area contributed by atoms with Crippen LogP contribution in [0.5, 0.6) is 0 Å². The van der Waals surface area contributed by atoms with Gasteiger partial charge in [-0.3, -0.25) is 9.00 Å².